The minimum Gasteiger partial charge on any atom is -0.493 e. The fraction of sp³-hybridized carbons (Fsp3) is 0.667. The van der Waals surface area contributed by atoms with Crippen LogP contribution in [0.15, 0.2) is 30.3 Å². The van der Waals surface area contributed by atoms with E-state index in [0.29, 0.717) is 24.0 Å². The molecule has 0 aromatic heterocycles. The van der Waals surface area contributed by atoms with Crippen molar-refractivity contribution in [3.05, 3.63) is 30.3 Å². The lowest BCUT2D eigenvalue weighted by molar-refractivity contribution is 0.159. The van der Waals surface area contributed by atoms with E-state index < -0.39 is 0 Å². The standard InChI is InChI=1S/C18H28N2O/c1-14(2)20-10-8-16(9-11-20)19-18-12-15(18)13-21-17-6-4-3-5-7-17/h3-7,14-16,18-19H,8-13H2,1-2H3. The lowest BCUT2D eigenvalue weighted by atomic mass is 10.0. The van der Waals surface area contributed by atoms with Crippen LogP contribution in [-0.2, 0) is 0 Å². The molecule has 2 atom stereocenters. The monoisotopic (exact) mass is 288 g/mol. The van der Waals surface area contributed by atoms with Crippen molar-refractivity contribution < 1.29 is 4.74 Å². The summed E-state index contributed by atoms with van der Waals surface area (Å²) in [5.74, 6) is 1.70. The Morgan fingerprint density at radius 3 is 2.57 bits per heavy atom. The van der Waals surface area contributed by atoms with E-state index in [0.717, 1.165) is 12.4 Å². The van der Waals surface area contributed by atoms with E-state index in [2.05, 4.69) is 24.1 Å². The first-order valence-corrected chi connectivity index (χ1v) is 8.40. The first-order valence-electron chi connectivity index (χ1n) is 8.40. The number of piperidine rings is 1. The molecule has 3 nitrogen and oxygen atoms in total. The topological polar surface area (TPSA) is 24.5 Å². The van der Waals surface area contributed by atoms with Crippen molar-refractivity contribution in [3.63, 3.8) is 0 Å². The Morgan fingerprint density at radius 2 is 1.90 bits per heavy atom. The summed E-state index contributed by atoms with van der Waals surface area (Å²) in [6.45, 7) is 7.93. The fourth-order valence-electron chi connectivity index (χ4n) is 3.24. The van der Waals surface area contributed by atoms with Crippen molar-refractivity contribution in [1.29, 1.82) is 0 Å². The second kappa shape index (κ2) is 6.80. The van der Waals surface area contributed by atoms with Crippen LogP contribution in [0.25, 0.3) is 0 Å². The minimum absolute atomic E-state index is 0.685. The minimum atomic E-state index is 0.685. The van der Waals surface area contributed by atoms with Gasteiger partial charge in [0.15, 0.2) is 0 Å². The fourth-order valence-corrected chi connectivity index (χ4v) is 3.24. The van der Waals surface area contributed by atoms with Crippen LogP contribution in [0.4, 0.5) is 0 Å². The smallest absolute Gasteiger partial charge is 0.119 e. The van der Waals surface area contributed by atoms with Gasteiger partial charge in [-0.1, -0.05) is 18.2 Å². The molecule has 1 saturated carbocycles. The number of rotatable bonds is 6. The maximum absolute atomic E-state index is 5.85. The average molecular weight is 288 g/mol. The second-order valence-corrected chi connectivity index (χ2v) is 6.80. The first kappa shape index (κ1) is 14.9. The number of para-hydroxylation sites is 1. The summed E-state index contributed by atoms with van der Waals surface area (Å²) in [7, 11) is 0. The molecule has 21 heavy (non-hydrogen) atoms. The number of hydrogen-bond acceptors (Lipinski definition) is 3. The summed E-state index contributed by atoms with van der Waals surface area (Å²) in [5, 5.41) is 3.83. The molecule has 2 fully saturated rings. The number of ether oxygens (including phenoxy) is 1. The zero-order chi connectivity index (χ0) is 14.7. The molecule has 1 aliphatic heterocycles. The lowest BCUT2D eigenvalue weighted by Crippen LogP contribution is -2.45. The van der Waals surface area contributed by atoms with Crippen molar-refractivity contribution in [3.8, 4) is 5.75 Å². The van der Waals surface area contributed by atoms with Crippen molar-refractivity contribution in [2.45, 2.75) is 51.2 Å². The Morgan fingerprint density at radius 1 is 1.19 bits per heavy atom. The normalized spacial score (nSPS) is 27.0. The van der Waals surface area contributed by atoms with Gasteiger partial charge in [-0.3, -0.25) is 0 Å². The van der Waals surface area contributed by atoms with E-state index >= 15 is 0 Å². The molecule has 116 valence electrons. The van der Waals surface area contributed by atoms with E-state index in [-0.39, 0.29) is 0 Å². The molecular weight excluding hydrogens is 260 g/mol. The van der Waals surface area contributed by atoms with Gasteiger partial charge in [-0.2, -0.15) is 0 Å². The summed E-state index contributed by atoms with van der Waals surface area (Å²) in [6, 6.07) is 12.2. The van der Waals surface area contributed by atoms with Crippen LogP contribution >= 0.6 is 0 Å². The van der Waals surface area contributed by atoms with Crippen LogP contribution in [-0.4, -0.2) is 42.7 Å². The van der Waals surface area contributed by atoms with Crippen LogP contribution in [0.3, 0.4) is 0 Å². The largest absolute Gasteiger partial charge is 0.493 e. The van der Waals surface area contributed by atoms with Gasteiger partial charge >= 0.3 is 0 Å². The van der Waals surface area contributed by atoms with Gasteiger partial charge in [0.05, 0.1) is 6.61 Å². The van der Waals surface area contributed by atoms with E-state index in [9.17, 15) is 0 Å². The quantitative estimate of drug-likeness (QED) is 0.871. The summed E-state index contributed by atoms with van der Waals surface area (Å²) in [5.41, 5.74) is 0. The molecule has 0 bridgehead atoms. The number of nitrogens with zero attached hydrogens (tertiary/aromatic N) is 1. The second-order valence-electron chi connectivity index (χ2n) is 6.80. The predicted octanol–water partition coefficient (Wildman–Crippen LogP) is 2.92. The maximum atomic E-state index is 5.85. The van der Waals surface area contributed by atoms with Gasteiger partial charge in [0.1, 0.15) is 5.75 Å². The highest BCUT2D eigenvalue weighted by Crippen LogP contribution is 2.32. The molecule has 1 saturated heterocycles. The third kappa shape index (κ3) is 4.21. The highest BCUT2D eigenvalue weighted by atomic mass is 16.5. The van der Waals surface area contributed by atoms with Crippen molar-refractivity contribution in [2.75, 3.05) is 19.7 Å². The van der Waals surface area contributed by atoms with Crippen LogP contribution in [0, 0.1) is 5.92 Å². The van der Waals surface area contributed by atoms with Gasteiger partial charge in [-0.15, -0.1) is 0 Å². The highest BCUT2D eigenvalue weighted by molar-refractivity contribution is 5.21. The summed E-state index contributed by atoms with van der Waals surface area (Å²) >= 11 is 0. The van der Waals surface area contributed by atoms with E-state index in [4.69, 9.17) is 4.74 Å². The average Bonchev–Trinajstić information content (AvgIpc) is 3.25. The predicted molar refractivity (Wildman–Crippen MR) is 86.7 cm³/mol. The Hall–Kier alpha value is -1.06. The lowest BCUT2D eigenvalue weighted by Gasteiger charge is -2.35. The van der Waals surface area contributed by atoms with Gasteiger partial charge in [-0.05, 0) is 58.3 Å². The third-order valence-corrected chi connectivity index (χ3v) is 4.84. The number of hydrogen-bond donors (Lipinski definition) is 1. The van der Waals surface area contributed by atoms with Crippen LogP contribution in [0.1, 0.15) is 33.1 Å². The SMILES string of the molecule is CC(C)N1CCC(NC2CC2COc2ccccc2)CC1. The van der Waals surface area contributed by atoms with E-state index in [1.54, 1.807) is 0 Å². The molecule has 0 radical (unpaired) electrons. The highest BCUT2D eigenvalue weighted by Gasteiger charge is 2.39. The zero-order valence-corrected chi connectivity index (χ0v) is 13.3. The van der Waals surface area contributed by atoms with E-state index in [1.807, 2.05) is 30.3 Å². The van der Waals surface area contributed by atoms with Gasteiger partial charge in [-0.25, -0.2) is 0 Å². The molecule has 3 rings (SSSR count). The Bertz CT molecular complexity index is 426. The zero-order valence-electron chi connectivity index (χ0n) is 13.3. The summed E-state index contributed by atoms with van der Waals surface area (Å²) < 4.78 is 5.85. The Labute approximate surface area is 128 Å². The maximum Gasteiger partial charge on any atom is 0.119 e. The molecule has 1 N–H and O–H groups in total. The van der Waals surface area contributed by atoms with E-state index in [1.165, 1.54) is 32.4 Å². The number of nitrogens with one attached hydrogen (secondary N) is 1. The summed E-state index contributed by atoms with van der Waals surface area (Å²) in [6.07, 6.45) is 3.86. The van der Waals surface area contributed by atoms with Gasteiger partial charge in [0.2, 0.25) is 0 Å². The number of likely N-dealkylation sites (tertiary alicyclic amines) is 1. The van der Waals surface area contributed by atoms with Crippen LogP contribution in [0.2, 0.25) is 0 Å². The first-order chi connectivity index (χ1) is 10.2. The molecule has 1 aromatic carbocycles. The Balaban J connectivity index is 1.33. The van der Waals surface area contributed by atoms with Crippen molar-refractivity contribution in [2.24, 2.45) is 5.92 Å². The molecule has 3 heteroatoms. The molecule has 1 aromatic rings. The molecule has 2 aliphatic rings. The van der Waals surface area contributed by atoms with Crippen LogP contribution < -0.4 is 10.1 Å². The molecule has 0 amide bonds. The Kier molecular flexibility index (Phi) is 4.81. The molecular formula is C18H28N2O. The molecule has 2 unspecified atom stereocenters. The molecule has 1 aliphatic carbocycles. The van der Waals surface area contributed by atoms with Crippen LogP contribution in [0.5, 0.6) is 5.75 Å². The van der Waals surface area contributed by atoms with Crippen molar-refractivity contribution in [1.82, 2.24) is 10.2 Å². The summed E-state index contributed by atoms with van der Waals surface area (Å²) in [4.78, 5) is 2.58. The molecule has 0 spiro atoms. The number of benzene rings is 1. The van der Waals surface area contributed by atoms with Gasteiger partial charge in [0.25, 0.3) is 0 Å². The molecule has 1 heterocycles. The third-order valence-electron chi connectivity index (χ3n) is 4.84. The van der Waals surface area contributed by atoms with Gasteiger partial charge < -0.3 is 15.0 Å². The van der Waals surface area contributed by atoms with Crippen molar-refractivity contribution >= 4 is 0 Å². The van der Waals surface area contributed by atoms with Gasteiger partial charge in [0, 0.05) is 24.0 Å².